The number of aryl methyl sites for hydroxylation is 1. The summed E-state index contributed by atoms with van der Waals surface area (Å²) in [5.41, 5.74) is 2.07. The molecular weight excluding hydrogens is 358 g/mol. The van der Waals surface area contributed by atoms with Gasteiger partial charge in [0.25, 0.3) is 0 Å². The number of carbonyl (C=O) groups excluding carboxylic acids is 1. The van der Waals surface area contributed by atoms with Crippen molar-refractivity contribution in [3.8, 4) is 0 Å². The Balaban J connectivity index is 1.55. The molecule has 0 amide bonds. The number of benzene rings is 1. The third-order valence-electron chi connectivity index (χ3n) is 4.30. The molecule has 0 saturated carbocycles. The largest absolute Gasteiger partial charge is 0.298 e. The van der Waals surface area contributed by atoms with Crippen molar-refractivity contribution in [1.29, 1.82) is 0 Å². The Morgan fingerprint density at radius 3 is 2.45 bits per heavy atom. The zero-order chi connectivity index (χ0) is 15.5. The minimum Gasteiger partial charge on any atom is -0.298 e. The van der Waals surface area contributed by atoms with Gasteiger partial charge in [-0.2, -0.15) is 0 Å². The van der Waals surface area contributed by atoms with Crippen LogP contribution in [0, 0.1) is 12.8 Å². The number of ketones is 1. The predicted molar refractivity (Wildman–Crippen MR) is 95.5 cm³/mol. The quantitative estimate of drug-likeness (QED) is 0.705. The Kier molecular flexibility index (Phi) is 5.11. The van der Waals surface area contributed by atoms with Gasteiger partial charge in [-0.25, -0.2) is 0 Å². The molecule has 1 saturated heterocycles. The van der Waals surface area contributed by atoms with Gasteiger partial charge < -0.3 is 0 Å². The van der Waals surface area contributed by atoms with E-state index in [1.165, 1.54) is 14.2 Å². The zero-order valence-corrected chi connectivity index (χ0v) is 15.1. The van der Waals surface area contributed by atoms with Crippen molar-refractivity contribution in [2.24, 2.45) is 5.92 Å². The molecule has 0 atom stereocenters. The fourth-order valence-corrected chi connectivity index (χ4v) is 4.49. The third-order valence-corrected chi connectivity index (χ3v) is 5.91. The first-order chi connectivity index (χ1) is 10.6. The fraction of sp³-hybridized carbons (Fsp3) is 0.389. The molecule has 0 unspecified atom stereocenters. The number of piperidine rings is 1. The highest BCUT2D eigenvalue weighted by molar-refractivity contribution is 9.11. The van der Waals surface area contributed by atoms with Crippen LogP contribution in [0.3, 0.4) is 0 Å². The van der Waals surface area contributed by atoms with Gasteiger partial charge in [-0.05, 0) is 60.9 Å². The second kappa shape index (κ2) is 7.07. The van der Waals surface area contributed by atoms with Crippen molar-refractivity contribution in [2.45, 2.75) is 26.3 Å². The SMILES string of the molecule is Cc1ccc(C(=O)C2CCN(Cc3ccc(Br)s3)CC2)cc1. The maximum Gasteiger partial charge on any atom is 0.166 e. The minimum absolute atomic E-state index is 0.189. The third kappa shape index (κ3) is 3.86. The van der Waals surface area contributed by atoms with Crippen molar-refractivity contribution >= 4 is 33.0 Å². The van der Waals surface area contributed by atoms with E-state index in [2.05, 4.69) is 39.9 Å². The monoisotopic (exact) mass is 377 g/mol. The van der Waals surface area contributed by atoms with Crippen LogP contribution < -0.4 is 0 Å². The molecule has 1 fully saturated rings. The van der Waals surface area contributed by atoms with E-state index in [1.54, 1.807) is 11.3 Å². The molecule has 0 radical (unpaired) electrons. The summed E-state index contributed by atoms with van der Waals surface area (Å²) in [5.74, 6) is 0.507. The van der Waals surface area contributed by atoms with Gasteiger partial charge in [0.15, 0.2) is 5.78 Å². The molecule has 22 heavy (non-hydrogen) atoms. The molecule has 116 valence electrons. The van der Waals surface area contributed by atoms with Crippen LogP contribution in [0.2, 0.25) is 0 Å². The van der Waals surface area contributed by atoms with E-state index in [4.69, 9.17) is 0 Å². The summed E-state index contributed by atoms with van der Waals surface area (Å²) >= 11 is 5.31. The lowest BCUT2D eigenvalue weighted by Gasteiger charge is -2.30. The molecule has 1 aliphatic rings. The average molecular weight is 378 g/mol. The van der Waals surface area contributed by atoms with Crippen LogP contribution in [-0.2, 0) is 6.54 Å². The Morgan fingerprint density at radius 1 is 1.18 bits per heavy atom. The lowest BCUT2D eigenvalue weighted by Crippen LogP contribution is -2.35. The lowest BCUT2D eigenvalue weighted by molar-refractivity contribution is 0.0835. The number of carbonyl (C=O) groups is 1. The number of hydrogen-bond donors (Lipinski definition) is 0. The number of likely N-dealkylation sites (tertiary alicyclic amines) is 1. The lowest BCUT2D eigenvalue weighted by atomic mass is 9.88. The second-order valence-corrected chi connectivity index (χ2v) is 8.53. The van der Waals surface area contributed by atoms with Crippen LogP contribution in [0.5, 0.6) is 0 Å². The summed E-state index contributed by atoms with van der Waals surface area (Å²) in [5, 5.41) is 0. The van der Waals surface area contributed by atoms with Crippen molar-refractivity contribution < 1.29 is 4.79 Å². The average Bonchev–Trinajstić information content (AvgIpc) is 2.93. The summed E-state index contributed by atoms with van der Waals surface area (Å²) in [6.07, 6.45) is 1.94. The first-order valence-corrected chi connectivity index (χ1v) is 9.30. The van der Waals surface area contributed by atoms with Crippen molar-refractivity contribution in [1.82, 2.24) is 4.90 Å². The molecule has 2 nitrogen and oxygen atoms in total. The van der Waals surface area contributed by atoms with Gasteiger partial charge in [0.05, 0.1) is 3.79 Å². The molecule has 2 aromatic rings. The van der Waals surface area contributed by atoms with E-state index >= 15 is 0 Å². The van der Waals surface area contributed by atoms with Gasteiger partial charge >= 0.3 is 0 Å². The van der Waals surface area contributed by atoms with Gasteiger partial charge in [-0.3, -0.25) is 9.69 Å². The van der Waals surface area contributed by atoms with E-state index in [0.29, 0.717) is 5.78 Å². The van der Waals surface area contributed by atoms with Crippen LogP contribution in [-0.4, -0.2) is 23.8 Å². The predicted octanol–water partition coefficient (Wildman–Crippen LogP) is 4.91. The minimum atomic E-state index is 0.189. The number of hydrogen-bond acceptors (Lipinski definition) is 3. The topological polar surface area (TPSA) is 20.3 Å². The van der Waals surface area contributed by atoms with Gasteiger partial charge in [0.1, 0.15) is 0 Å². The zero-order valence-electron chi connectivity index (χ0n) is 12.7. The van der Waals surface area contributed by atoms with Crippen molar-refractivity contribution in [3.63, 3.8) is 0 Å². The molecule has 1 aromatic heterocycles. The molecule has 3 rings (SSSR count). The Morgan fingerprint density at radius 2 is 1.86 bits per heavy atom. The molecule has 1 aromatic carbocycles. The summed E-state index contributed by atoms with van der Waals surface area (Å²) < 4.78 is 1.19. The highest BCUT2D eigenvalue weighted by Crippen LogP contribution is 2.26. The maximum atomic E-state index is 12.6. The highest BCUT2D eigenvalue weighted by atomic mass is 79.9. The number of halogens is 1. The molecular formula is C18H20BrNOS. The van der Waals surface area contributed by atoms with Crippen LogP contribution >= 0.6 is 27.3 Å². The number of nitrogens with zero attached hydrogens (tertiary/aromatic N) is 1. The Labute approximate surface area is 144 Å². The van der Waals surface area contributed by atoms with Gasteiger partial charge in [0.2, 0.25) is 0 Å². The molecule has 0 spiro atoms. The molecule has 1 aliphatic heterocycles. The highest BCUT2D eigenvalue weighted by Gasteiger charge is 2.25. The number of rotatable bonds is 4. The van der Waals surface area contributed by atoms with E-state index in [1.807, 2.05) is 24.3 Å². The van der Waals surface area contributed by atoms with Gasteiger partial charge in [-0.1, -0.05) is 29.8 Å². The van der Waals surface area contributed by atoms with E-state index in [9.17, 15) is 4.79 Å². The molecule has 0 aliphatic carbocycles. The standard InChI is InChI=1S/C18H20BrNOS/c1-13-2-4-14(5-3-13)18(21)15-8-10-20(11-9-15)12-16-6-7-17(19)22-16/h2-7,15H,8-12H2,1H3. The van der Waals surface area contributed by atoms with Crippen molar-refractivity contribution in [3.05, 3.63) is 56.2 Å². The smallest absolute Gasteiger partial charge is 0.166 e. The normalized spacial score (nSPS) is 16.8. The molecule has 2 heterocycles. The summed E-state index contributed by atoms with van der Waals surface area (Å²) in [6, 6.07) is 12.3. The molecule has 0 N–H and O–H groups in total. The van der Waals surface area contributed by atoms with E-state index in [0.717, 1.165) is 38.0 Å². The van der Waals surface area contributed by atoms with E-state index < -0.39 is 0 Å². The van der Waals surface area contributed by atoms with Crippen LogP contribution in [0.25, 0.3) is 0 Å². The molecule has 4 heteroatoms. The van der Waals surface area contributed by atoms with Crippen LogP contribution in [0.15, 0.2) is 40.2 Å². The second-order valence-electron chi connectivity index (χ2n) is 5.99. The molecule has 0 bridgehead atoms. The summed E-state index contributed by atoms with van der Waals surface area (Å²) in [4.78, 5) is 16.4. The van der Waals surface area contributed by atoms with Gasteiger partial charge in [-0.15, -0.1) is 11.3 Å². The number of thiophene rings is 1. The van der Waals surface area contributed by atoms with E-state index in [-0.39, 0.29) is 5.92 Å². The number of Topliss-reactive ketones (excluding diaryl/α,β-unsaturated/α-hetero) is 1. The first-order valence-electron chi connectivity index (χ1n) is 7.69. The van der Waals surface area contributed by atoms with Crippen LogP contribution in [0.4, 0.5) is 0 Å². The van der Waals surface area contributed by atoms with Crippen molar-refractivity contribution in [2.75, 3.05) is 13.1 Å². The fourth-order valence-electron chi connectivity index (χ4n) is 2.96. The Hall–Kier alpha value is -0.970. The van der Waals surface area contributed by atoms with Gasteiger partial charge in [0, 0.05) is 22.9 Å². The maximum absolute atomic E-state index is 12.6. The Bertz CT molecular complexity index is 641. The summed E-state index contributed by atoms with van der Waals surface area (Å²) in [6.45, 7) is 5.08. The van der Waals surface area contributed by atoms with Crippen LogP contribution in [0.1, 0.15) is 33.6 Å². The summed E-state index contributed by atoms with van der Waals surface area (Å²) in [7, 11) is 0. The first kappa shape index (κ1) is 15.9.